The van der Waals surface area contributed by atoms with Gasteiger partial charge in [-0.3, -0.25) is 19.7 Å². The molecule has 0 saturated carbocycles. The van der Waals surface area contributed by atoms with Crippen LogP contribution in [0.25, 0.3) is 0 Å². The molecule has 0 spiro atoms. The number of hydrogen-bond acceptors (Lipinski definition) is 5. The van der Waals surface area contributed by atoms with Crippen LogP contribution in [0.1, 0.15) is 55.2 Å². The lowest BCUT2D eigenvalue weighted by Gasteiger charge is -2.35. The molecule has 1 heterocycles. The summed E-state index contributed by atoms with van der Waals surface area (Å²) in [5, 5.41) is 14.9. The van der Waals surface area contributed by atoms with Crippen LogP contribution < -0.4 is 10.2 Å². The number of nitro groups is 1. The molecule has 0 aliphatic carbocycles. The van der Waals surface area contributed by atoms with E-state index in [2.05, 4.69) is 24.4 Å². The minimum atomic E-state index is -0.452. The molecule has 1 aliphatic heterocycles. The molecule has 2 aromatic rings. The molecule has 1 fully saturated rings. The second-order valence-corrected chi connectivity index (χ2v) is 8.74. The van der Waals surface area contributed by atoms with Gasteiger partial charge in [-0.25, -0.2) is 0 Å². The average molecular weight is 453 g/mol. The van der Waals surface area contributed by atoms with Crippen LogP contribution in [0.5, 0.6) is 0 Å². The highest BCUT2D eigenvalue weighted by molar-refractivity contribution is 5.96. The van der Waals surface area contributed by atoms with Gasteiger partial charge in [0.1, 0.15) is 5.69 Å². The van der Waals surface area contributed by atoms with E-state index in [1.165, 1.54) is 18.6 Å². The smallest absolute Gasteiger partial charge is 0.293 e. The van der Waals surface area contributed by atoms with Gasteiger partial charge in [-0.05, 0) is 35.6 Å². The summed E-state index contributed by atoms with van der Waals surface area (Å²) in [6.07, 6.45) is 0.943. The molecule has 8 nitrogen and oxygen atoms in total. The number of amides is 2. The van der Waals surface area contributed by atoms with E-state index in [9.17, 15) is 19.7 Å². The summed E-state index contributed by atoms with van der Waals surface area (Å²) in [5.41, 5.74) is 2.85. The summed E-state index contributed by atoms with van der Waals surface area (Å²) in [6, 6.07) is 12.6. The Morgan fingerprint density at radius 3 is 2.21 bits per heavy atom. The SMILES string of the molecule is CCc1ccc(C(NC(=O)c2ccc(N3CCN(C(C)=O)CC3)c([N+](=O)[O-])c2)C(C)C)cc1. The molecule has 0 aromatic heterocycles. The normalized spacial score (nSPS) is 14.8. The number of piperazine rings is 1. The third-order valence-electron chi connectivity index (χ3n) is 6.20. The first kappa shape index (κ1) is 24.2. The van der Waals surface area contributed by atoms with Crippen LogP contribution in [-0.4, -0.2) is 47.8 Å². The van der Waals surface area contributed by atoms with Crippen LogP contribution in [0.2, 0.25) is 0 Å². The first-order valence-corrected chi connectivity index (χ1v) is 11.4. The van der Waals surface area contributed by atoms with Crippen LogP contribution in [0.15, 0.2) is 42.5 Å². The van der Waals surface area contributed by atoms with Crippen LogP contribution >= 0.6 is 0 Å². The highest BCUT2D eigenvalue weighted by Gasteiger charge is 2.27. The van der Waals surface area contributed by atoms with Gasteiger partial charge in [0.25, 0.3) is 11.6 Å². The van der Waals surface area contributed by atoms with Crippen LogP contribution in [0, 0.1) is 16.0 Å². The molecule has 2 amide bonds. The number of anilines is 1. The van der Waals surface area contributed by atoms with Crippen molar-refractivity contribution in [3.8, 4) is 0 Å². The lowest BCUT2D eigenvalue weighted by atomic mass is 9.94. The Kier molecular flexibility index (Phi) is 7.68. The number of nitrogens with one attached hydrogen (secondary N) is 1. The zero-order chi connectivity index (χ0) is 24.1. The quantitative estimate of drug-likeness (QED) is 0.507. The number of aryl methyl sites for hydroxylation is 1. The van der Waals surface area contributed by atoms with Gasteiger partial charge in [0.05, 0.1) is 11.0 Å². The Hall–Kier alpha value is -3.42. The van der Waals surface area contributed by atoms with Gasteiger partial charge in [-0.15, -0.1) is 0 Å². The minimum Gasteiger partial charge on any atom is -0.362 e. The number of nitrogens with zero attached hydrogens (tertiary/aromatic N) is 3. The summed E-state index contributed by atoms with van der Waals surface area (Å²) in [7, 11) is 0. The number of nitro benzene ring substituents is 1. The Morgan fingerprint density at radius 1 is 1.06 bits per heavy atom. The first-order valence-electron chi connectivity index (χ1n) is 11.4. The van der Waals surface area contributed by atoms with Gasteiger partial charge in [0, 0.05) is 44.7 Å². The molecule has 176 valence electrons. The molecule has 1 N–H and O–H groups in total. The minimum absolute atomic E-state index is 0.000194. The molecule has 2 aromatic carbocycles. The van der Waals surface area contributed by atoms with Gasteiger partial charge in [-0.2, -0.15) is 0 Å². The van der Waals surface area contributed by atoms with E-state index in [1.807, 2.05) is 30.9 Å². The zero-order valence-electron chi connectivity index (χ0n) is 19.7. The predicted molar refractivity (Wildman–Crippen MR) is 128 cm³/mol. The summed E-state index contributed by atoms with van der Waals surface area (Å²) in [4.78, 5) is 39.6. The standard InChI is InChI=1S/C25H32N4O4/c1-5-19-6-8-20(9-7-19)24(17(2)3)26-25(31)21-10-11-22(23(16-21)29(32)33)28-14-12-27(13-15-28)18(4)30/h6-11,16-17,24H,5,12-15H2,1-4H3,(H,26,31). The van der Waals surface area contributed by atoms with Crippen LogP contribution in [0.3, 0.4) is 0 Å². The number of benzene rings is 2. The Balaban J connectivity index is 1.80. The average Bonchev–Trinajstić information content (AvgIpc) is 2.82. The Bertz CT molecular complexity index is 1010. The van der Waals surface area contributed by atoms with Gasteiger partial charge in [0.15, 0.2) is 0 Å². The highest BCUT2D eigenvalue weighted by Crippen LogP contribution is 2.31. The molecule has 8 heteroatoms. The third kappa shape index (κ3) is 5.69. The maximum Gasteiger partial charge on any atom is 0.293 e. The molecule has 33 heavy (non-hydrogen) atoms. The topological polar surface area (TPSA) is 95.8 Å². The molecule has 3 rings (SSSR count). The fourth-order valence-corrected chi connectivity index (χ4v) is 4.16. The second-order valence-electron chi connectivity index (χ2n) is 8.74. The van der Waals surface area contributed by atoms with Crippen molar-refractivity contribution in [2.24, 2.45) is 5.92 Å². The van der Waals surface area contributed by atoms with Crippen molar-refractivity contribution in [1.29, 1.82) is 0 Å². The van der Waals surface area contributed by atoms with E-state index in [4.69, 9.17) is 0 Å². The molecule has 1 unspecified atom stereocenters. The monoisotopic (exact) mass is 452 g/mol. The van der Waals surface area contributed by atoms with Crippen molar-refractivity contribution in [1.82, 2.24) is 10.2 Å². The lowest BCUT2D eigenvalue weighted by molar-refractivity contribution is -0.384. The van der Waals surface area contributed by atoms with Crippen molar-refractivity contribution >= 4 is 23.2 Å². The first-order chi connectivity index (χ1) is 15.7. The van der Waals surface area contributed by atoms with Crippen molar-refractivity contribution in [3.63, 3.8) is 0 Å². The molecular formula is C25H32N4O4. The molecule has 1 aliphatic rings. The fraction of sp³-hybridized carbons (Fsp3) is 0.440. The summed E-state index contributed by atoms with van der Waals surface area (Å²) in [5.74, 6) is -0.196. The summed E-state index contributed by atoms with van der Waals surface area (Å²) >= 11 is 0. The van der Waals surface area contributed by atoms with Crippen molar-refractivity contribution in [3.05, 3.63) is 69.3 Å². The van der Waals surface area contributed by atoms with Gasteiger partial charge in [-0.1, -0.05) is 45.0 Å². The number of rotatable bonds is 7. The van der Waals surface area contributed by atoms with Crippen molar-refractivity contribution < 1.29 is 14.5 Å². The van der Waals surface area contributed by atoms with Crippen molar-refractivity contribution in [2.45, 2.75) is 40.2 Å². The second kappa shape index (κ2) is 10.5. The molecule has 1 saturated heterocycles. The maximum atomic E-state index is 13.0. The number of hydrogen-bond donors (Lipinski definition) is 1. The lowest BCUT2D eigenvalue weighted by Crippen LogP contribution is -2.48. The van der Waals surface area contributed by atoms with Gasteiger partial charge in [0.2, 0.25) is 5.91 Å². The molecule has 0 bridgehead atoms. The van der Waals surface area contributed by atoms with E-state index < -0.39 is 4.92 Å². The Labute approximate surface area is 194 Å². The molecule has 0 radical (unpaired) electrons. The van der Waals surface area contributed by atoms with Crippen LogP contribution in [0.4, 0.5) is 11.4 Å². The van der Waals surface area contributed by atoms with E-state index >= 15 is 0 Å². The zero-order valence-corrected chi connectivity index (χ0v) is 19.7. The van der Waals surface area contributed by atoms with E-state index in [-0.39, 0.29) is 35.0 Å². The third-order valence-corrected chi connectivity index (χ3v) is 6.20. The maximum absolute atomic E-state index is 13.0. The summed E-state index contributed by atoms with van der Waals surface area (Å²) in [6.45, 7) is 9.73. The van der Waals surface area contributed by atoms with E-state index in [0.717, 1.165) is 12.0 Å². The number of carbonyl (C=O) groups excluding carboxylic acids is 2. The van der Waals surface area contributed by atoms with E-state index in [1.54, 1.807) is 17.0 Å². The number of carbonyl (C=O) groups is 2. The largest absolute Gasteiger partial charge is 0.362 e. The predicted octanol–water partition coefficient (Wildman–Crippen LogP) is 3.95. The summed E-state index contributed by atoms with van der Waals surface area (Å²) < 4.78 is 0. The molecular weight excluding hydrogens is 420 g/mol. The van der Waals surface area contributed by atoms with Crippen LogP contribution in [-0.2, 0) is 11.2 Å². The van der Waals surface area contributed by atoms with Crippen molar-refractivity contribution in [2.75, 3.05) is 31.1 Å². The molecule has 1 atom stereocenters. The van der Waals surface area contributed by atoms with Gasteiger partial charge < -0.3 is 15.1 Å². The van der Waals surface area contributed by atoms with Gasteiger partial charge >= 0.3 is 0 Å². The Morgan fingerprint density at radius 2 is 1.70 bits per heavy atom. The van der Waals surface area contributed by atoms with E-state index in [0.29, 0.717) is 31.9 Å². The highest BCUT2D eigenvalue weighted by atomic mass is 16.6. The fourth-order valence-electron chi connectivity index (χ4n) is 4.16.